The number of nitrogens with one attached hydrogen (secondary N) is 6. The number of aliphatic hydroxyl groups excluding tert-OH is 3. The van der Waals surface area contributed by atoms with E-state index < -0.39 is 188 Å². The molecule has 0 aliphatic carbocycles. The number of benzene rings is 4. The highest BCUT2D eigenvalue weighted by atomic mass is 19.1. The van der Waals surface area contributed by atoms with Gasteiger partial charge in [-0.2, -0.15) is 5.21 Å². The van der Waals surface area contributed by atoms with Gasteiger partial charge in [0.2, 0.25) is 35.4 Å². The van der Waals surface area contributed by atoms with Crippen LogP contribution in [0.2, 0.25) is 0 Å². The molecule has 0 saturated heterocycles. The molecule has 4 aromatic carbocycles. The Morgan fingerprint density at radius 1 is 0.673 bits per heavy atom. The number of nitrogens with zero attached hydrogens (tertiary/aromatic N) is 3. The van der Waals surface area contributed by atoms with E-state index in [-0.39, 0.29) is 30.7 Å². The number of rotatable bonds is 45. The second-order valence-corrected chi connectivity index (χ2v) is 26.1. The van der Waals surface area contributed by atoms with Crippen LogP contribution in [0.5, 0.6) is 5.75 Å². The van der Waals surface area contributed by atoms with Crippen LogP contribution in [0.25, 0.3) is 11.1 Å². The summed E-state index contributed by atoms with van der Waals surface area (Å²) in [5.74, 6) is -14.0. The number of tetrazole rings is 1. The highest BCUT2D eigenvalue weighted by Crippen LogP contribution is 2.32. The molecule has 0 bridgehead atoms. The van der Waals surface area contributed by atoms with Gasteiger partial charge < -0.3 is 68.9 Å². The monoisotopic (exact) mass is 1400 g/mol. The minimum absolute atomic E-state index is 0.0560. The molecule has 0 fully saturated rings. The SMILES string of the molecule is CCc1cc(OCCCCN)ccc1-c1ccc(C[C@H](CC(=O)[C@H](CC(=O)O)NC(=O)[C@H](CO)CC(=O)[C@@H](NC(=O)[C@@](C)(CC(=O)[C@@H](NC(=O)CCC(=O)[C@H](Cc2nn[nH]n2)NC(=O)[C@H](C)N)[C@@H](C)O)Cc2ccccc2F)[C@@H](C)O)C(=O)N[C@@H](CCCc2cc(C)cc(C)c2)C(N)=O)cc1. The van der Waals surface area contributed by atoms with Gasteiger partial charge in [-0.25, -0.2) is 4.39 Å². The normalized spacial score (nSPS) is 14.9. The molecule has 0 aliphatic heterocycles. The molecule has 0 unspecified atom stereocenters. The molecule has 0 spiro atoms. The number of Topliss-reactive ketones (excluding diaryl/α,β-unsaturated/α-hetero) is 4. The smallest absolute Gasteiger partial charge is 0.305 e. The summed E-state index contributed by atoms with van der Waals surface area (Å²) >= 11 is 0. The molecule has 548 valence electrons. The summed E-state index contributed by atoms with van der Waals surface area (Å²) in [4.78, 5) is 151. The number of hydrogen-bond acceptors (Lipinski definition) is 20. The maximum absolute atomic E-state index is 15.4. The second kappa shape index (κ2) is 40.0. The van der Waals surface area contributed by atoms with Crippen LogP contribution in [-0.4, -0.2) is 174 Å². The van der Waals surface area contributed by atoms with Crippen LogP contribution in [0.15, 0.2) is 84.9 Å². The number of halogens is 1. The zero-order valence-corrected chi connectivity index (χ0v) is 58.2. The van der Waals surface area contributed by atoms with Crippen molar-refractivity contribution in [2.24, 2.45) is 34.5 Å². The Labute approximate surface area is 586 Å². The maximum Gasteiger partial charge on any atom is 0.305 e. The van der Waals surface area contributed by atoms with Crippen molar-refractivity contribution < 1.29 is 82.3 Å². The number of aliphatic carboxylic acids is 1. The molecule has 28 nitrogen and oxygen atoms in total. The number of aromatic nitrogens is 4. The van der Waals surface area contributed by atoms with Crippen molar-refractivity contribution in [3.63, 3.8) is 0 Å². The fourth-order valence-electron chi connectivity index (χ4n) is 11.7. The lowest BCUT2D eigenvalue weighted by atomic mass is 9.76. The lowest BCUT2D eigenvalue weighted by Crippen LogP contribution is -2.55. The average molecular weight is 1410 g/mol. The third-order valence-electron chi connectivity index (χ3n) is 17.3. The summed E-state index contributed by atoms with van der Waals surface area (Å²) in [5.41, 5.74) is 21.4. The van der Waals surface area contributed by atoms with Gasteiger partial charge in [0.05, 0.1) is 61.3 Å². The summed E-state index contributed by atoms with van der Waals surface area (Å²) in [5, 5.41) is 68.2. The van der Waals surface area contributed by atoms with Gasteiger partial charge in [0.1, 0.15) is 29.7 Å². The molecule has 29 heteroatoms. The number of ketones is 4. The molecule has 1 aromatic heterocycles. The van der Waals surface area contributed by atoms with E-state index in [0.29, 0.717) is 43.7 Å². The number of aromatic amines is 1. The average Bonchev–Trinajstić information content (AvgIpc) is 1.10. The molecule has 101 heavy (non-hydrogen) atoms. The fraction of sp³-hybridized carbons (Fsp3) is 0.500. The van der Waals surface area contributed by atoms with E-state index in [0.717, 1.165) is 66.1 Å². The van der Waals surface area contributed by atoms with Crippen LogP contribution < -0.4 is 48.5 Å². The van der Waals surface area contributed by atoms with Crippen LogP contribution in [-0.2, 0) is 84.8 Å². The number of aliphatic hydroxyl groups is 3. The van der Waals surface area contributed by atoms with Crippen molar-refractivity contribution in [2.75, 3.05) is 19.8 Å². The van der Waals surface area contributed by atoms with Gasteiger partial charge >= 0.3 is 5.97 Å². The van der Waals surface area contributed by atoms with E-state index in [4.69, 9.17) is 21.9 Å². The standard InChI is InChI=1S/C72H97FN12O16/c1-8-47-32-52(101-27-12-11-26-74)22-23-53(47)48-20-18-45(19-21-48)31-50(69(98)77-55(67(76)96)17-13-14-46-29-40(2)28-41(3)30-46)33-59(90)57(36-64(94)95)79-70(99)51(39-86)34-60(91)65(43(5)87)81-71(100)72(7,37-49-15-9-10-16-54(49)73)38-61(92)66(44(6)88)80-63(93)25-24-58(89)56(78-68(97)42(4)75)35-62-82-84-85-83-62/h9-10,15-16,18-23,28-30,32,42-44,50-51,55-57,65-66,86-88H,8,11-14,17,24-27,31,33-39,74-75H2,1-7H3,(H2,76,96)(H,77,98)(H,78,97)(H,79,99)(H,80,93)(H,81,100)(H,94,95)(H,82,83,84,85)/t42-,43+,44+,50+,51-,55-,56-,57-,65-,66-,72+/m0/s1. The number of carboxylic acids is 1. The zero-order valence-electron chi connectivity index (χ0n) is 58.2. The molecule has 11 atom stereocenters. The van der Waals surface area contributed by atoms with E-state index in [1.165, 1.54) is 32.0 Å². The molecule has 0 radical (unpaired) electrons. The third-order valence-corrected chi connectivity index (χ3v) is 17.3. The first kappa shape index (κ1) is 82.1. The molecule has 0 aliphatic rings. The van der Waals surface area contributed by atoms with Gasteiger partial charge in [0.25, 0.3) is 0 Å². The van der Waals surface area contributed by atoms with Crippen LogP contribution >= 0.6 is 0 Å². The highest BCUT2D eigenvalue weighted by Gasteiger charge is 2.43. The lowest BCUT2D eigenvalue weighted by molar-refractivity contribution is -0.142. The maximum atomic E-state index is 15.4. The Bertz CT molecular complexity index is 3640. The van der Waals surface area contributed by atoms with Crippen LogP contribution in [0.3, 0.4) is 0 Å². The highest BCUT2D eigenvalue weighted by molar-refractivity contribution is 6.00. The number of aryl methyl sites for hydroxylation is 4. The Kier molecular flexibility index (Phi) is 32.6. The first-order valence-corrected chi connectivity index (χ1v) is 33.8. The molecule has 16 N–H and O–H groups in total. The zero-order chi connectivity index (χ0) is 74.7. The van der Waals surface area contributed by atoms with Gasteiger partial charge in [-0.15, -0.1) is 10.2 Å². The number of H-pyrrole nitrogens is 1. The van der Waals surface area contributed by atoms with Gasteiger partial charge in [-0.3, -0.25) is 52.7 Å². The van der Waals surface area contributed by atoms with Gasteiger partial charge in [-0.05, 0) is 144 Å². The van der Waals surface area contributed by atoms with E-state index in [2.05, 4.69) is 47.2 Å². The van der Waals surface area contributed by atoms with Crippen LogP contribution in [0.4, 0.5) is 4.39 Å². The minimum atomic E-state index is -2.06. The van der Waals surface area contributed by atoms with Crippen LogP contribution in [0.1, 0.15) is 138 Å². The lowest BCUT2D eigenvalue weighted by Gasteiger charge is -2.33. The van der Waals surface area contributed by atoms with Crippen molar-refractivity contribution in [1.82, 2.24) is 47.2 Å². The van der Waals surface area contributed by atoms with E-state index in [1.807, 2.05) is 69.3 Å². The quantitative estimate of drug-likeness (QED) is 0.0249. The predicted octanol–water partition coefficient (Wildman–Crippen LogP) is 2.30. The number of ether oxygens (including phenoxy) is 1. The summed E-state index contributed by atoms with van der Waals surface area (Å²) in [7, 11) is 0. The Balaban J connectivity index is 1.35. The third kappa shape index (κ3) is 26.2. The number of primary amides is 1. The first-order valence-electron chi connectivity index (χ1n) is 33.8. The Hall–Kier alpha value is -9.55. The first-order chi connectivity index (χ1) is 47.8. The number of carboxylic acid groups (broad SMARTS) is 1. The molecule has 5 aromatic rings. The van der Waals surface area contributed by atoms with Crippen molar-refractivity contribution in [1.29, 1.82) is 0 Å². The Morgan fingerprint density at radius 3 is 1.90 bits per heavy atom. The molecular formula is C72H97FN12O16. The topological polar surface area (TPSA) is 471 Å². The summed E-state index contributed by atoms with van der Waals surface area (Å²) in [6.07, 6.45) is -5.56. The second-order valence-electron chi connectivity index (χ2n) is 26.1. The molecule has 1 heterocycles. The van der Waals surface area contributed by atoms with E-state index in [1.54, 1.807) is 12.1 Å². The number of nitrogens with two attached hydrogens (primary N) is 3. The Morgan fingerprint density at radius 2 is 1.31 bits per heavy atom. The van der Waals surface area contributed by atoms with Gasteiger partial charge in [0.15, 0.2) is 29.0 Å². The molecule has 0 saturated carbocycles. The predicted molar refractivity (Wildman–Crippen MR) is 369 cm³/mol. The van der Waals surface area contributed by atoms with Crippen molar-refractivity contribution in [3.05, 3.63) is 130 Å². The fourth-order valence-corrected chi connectivity index (χ4v) is 11.7. The molecular weight excluding hydrogens is 1310 g/mol. The van der Waals surface area contributed by atoms with E-state index >= 15 is 4.39 Å². The summed E-state index contributed by atoms with van der Waals surface area (Å²) < 4.78 is 21.4. The van der Waals surface area contributed by atoms with E-state index in [9.17, 15) is 73.2 Å². The minimum Gasteiger partial charge on any atom is -0.494 e. The largest absolute Gasteiger partial charge is 0.494 e. The van der Waals surface area contributed by atoms with Gasteiger partial charge in [-0.1, -0.05) is 96.9 Å². The summed E-state index contributed by atoms with van der Waals surface area (Å²) in [6, 6.07) is 15.2. The summed E-state index contributed by atoms with van der Waals surface area (Å²) in [6.45, 7) is 10.7. The van der Waals surface area contributed by atoms with Crippen molar-refractivity contribution >= 4 is 64.5 Å². The number of hydrogen-bond donors (Lipinski definition) is 13. The van der Waals surface area contributed by atoms with Gasteiger partial charge in [0, 0.05) is 44.4 Å². The van der Waals surface area contributed by atoms with Crippen LogP contribution in [0, 0.1) is 36.9 Å². The number of amides is 6. The van der Waals surface area contributed by atoms with Crippen molar-refractivity contribution in [2.45, 2.75) is 193 Å². The molecule has 6 amide bonds. The number of carbonyl (C=O) groups excluding carboxylic acids is 10. The van der Waals surface area contributed by atoms with Crippen molar-refractivity contribution in [3.8, 4) is 16.9 Å². The number of carbonyl (C=O) groups is 11. The number of unbranched alkanes of at least 4 members (excludes halogenated alkanes) is 1. The molecule has 5 rings (SSSR count).